The lowest BCUT2D eigenvalue weighted by Crippen LogP contribution is -2.40. The Balaban J connectivity index is 4.13. The number of amides is 1. The Hall–Kier alpha value is -0.900. The highest BCUT2D eigenvalue weighted by molar-refractivity contribution is 5.89. The average molecular weight is 200 g/mol. The maximum atomic E-state index is 11.6. The molecule has 0 aromatic heterocycles. The van der Waals surface area contributed by atoms with Crippen molar-refractivity contribution in [1.29, 1.82) is 0 Å². The lowest BCUT2D eigenvalue weighted by atomic mass is 9.90. The number of hydrogen-bond acceptors (Lipinski definition) is 3. The Morgan fingerprint density at radius 1 is 1.29 bits per heavy atom. The van der Waals surface area contributed by atoms with Crippen molar-refractivity contribution in [3.8, 4) is 0 Å². The van der Waals surface area contributed by atoms with Crippen LogP contribution < -0.4 is 5.32 Å². The van der Waals surface area contributed by atoms with Crippen molar-refractivity contribution in [2.45, 2.75) is 20.8 Å². The summed E-state index contributed by atoms with van der Waals surface area (Å²) in [5.74, 6) is 0.00885. The van der Waals surface area contributed by atoms with Crippen LogP contribution in [0, 0.1) is 5.41 Å². The Kier molecular flexibility index (Phi) is 4.77. The van der Waals surface area contributed by atoms with Crippen molar-refractivity contribution < 1.29 is 9.59 Å². The van der Waals surface area contributed by atoms with Gasteiger partial charge in [-0.15, -0.1) is 0 Å². The molecule has 0 unspecified atom stereocenters. The molecule has 0 saturated heterocycles. The molecule has 0 rings (SSSR count). The van der Waals surface area contributed by atoms with Gasteiger partial charge in [-0.2, -0.15) is 0 Å². The summed E-state index contributed by atoms with van der Waals surface area (Å²) in [5, 5.41) is 2.76. The number of carbonyl (C=O) groups is 2. The lowest BCUT2D eigenvalue weighted by molar-refractivity contribution is -0.136. The highest BCUT2D eigenvalue weighted by Crippen LogP contribution is 2.14. The molecule has 0 saturated carbocycles. The highest BCUT2D eigenvalue weighted by Gasteiger charge is 2.23. The number of carbonyl (C=O) groups excluding carboxylic acids is 2. The molecule has 0 aliphatic carbocycles. The van der Waals surface area contributed by atoms with Crippen LogP contribution in [0.5, 0.6) is 0 Å². The van der Waals surface area contributed by atoms with Crippen molar-refractivity contribution in [3.63, 3.8) is 0 Å². The fourth-order valence-electron chi connectivity index (χ4n) is 0.827. The van der Waals surface area contributed by atoms with Gasteiger partial charge in [0.05, 0.1) is 13.1 Å². The van der Waals surface area contributed by atoms with Gasteiger partial charge in [0.25, 0.3) is 0 Å². The number of nitrogens with one attached hydrogen (secondary N) is 1. The molecule has 0 aromatic carbocycles. The van der Waals surface area contributed by atoms with E-state index in [4.69, 9.17) is 0 Å². The molecule has 0 aliphatic rings. The summed E-state index contributed by atoms with van der Waals surface area (Å²) in [6, 6.07) is 0. The van der Waals surface area contributed by atoms with E-state index in [1.165, 1.54) is 4.90 Å². The Morgan fingerprint density at radius 3 is 2.14 bits per heavy atom. The highest BCUT2D eigenvalue weighted by atomic mass is 16.2. The van der Waals surface area contributed by atoms with E-state index in [-0.39, 0.29) is 30.2 Å². The van der Waals surface area contributed by atoms with E-state index in [0.29, 0.717) is 0 Å². The predicted octanol–water partition coefficient (Wildman–Crippen LogP) is 0.279. The number of nitrogens with zero attached hydrogens (tertiary/aromatic N) is 1. The molecule has 82 valence electrons. The summed E-state index contributed by atoms with van der Waals surface area (Å²) < 4.78 is 0. The summed E-state index contributed by atoms with van der Waals surface area (Å²) in [5.41, 5.74) is -0.381. The second-order valence-corrected chi connectivity index (χ2v) is 4.45. The van der Waals surface area contributed by atoms with E-state index in [0.717, 1.165) is 0 Å². The Morgan fingerprint density at radius 2 is 1.79 bits per heavy atom. The first-order valence-electron chi connectivity index (χ1n) is 4.71. The van der Waals surface area contributed by atoms with Crippen LogP contribution in [0.1, 0.15) is 20.8 Å². The van der Waals surface area contributed by atoms with E-state index in [2.05, 4.69) is 5.32 Å². The third-order valence-corrected chi connectivity index (χ3v) is 1.97. The fraction of sp³-hybridized carbons (Fsp3) is 0.800. The predicted molar refractivity (Wildman–Crippen MR) is 56.0 cm³/mol. The van der Waals surface area contributed by atoms with Crippen LogP contribution in [0.25, 0.3) is 0 Å². The van der Waals surface area contributed by atoms with Crippen molar-refractivity contribution in [3.05, 3.63) is 0 Å². The molecule has 1 N–H and O–H groups in total. The third-order valence-electron chi connectivity index (χ3n) is 1.97. The summed E-state index contributed by atoms with van der Waals surface area (Å²) in [6.07, 6.45) is 0. The molecule has 0 aromatic rings. The van der Waals surface area contributed by atoms with Crippen LogP contribution in [-0.2, 0) is 9.59 Å². The van der Waals surface area contributed by atoms with Gasteiger partial charge in [-0.1, -0.05) is 20.8 Å². The van der Waals surface area contributed by atoms with E-state index < -0.39 is 0 Å². The topological polar surface area (TPSA) is 49.4 Å². The molecule has 0 spiro atoms. The van der Waals surface area contributed by atoms with Crippen LogP contribution >= 0.6 is 0 Å². The first kappa shape index (κ1) is 13.1. The number of likely N-dealkylation sites (N-methyl/N-ethyl adjacent to an activating group) is 2. The van der Waals surface area contributed by atoms with E-state index >= 15 is 0 Å². The standard InChI is InChI=1S/C10H20N2O2/c1-10(2,3)8(13)7-12(5)9(14)6-11-4/h11H,6-7H2,1-5H3. The van der Waals surface area contributed by atoms with Crippen LogP contribution in [-0.4, -0.2) is 43.8 Å². The number of hydrogen-bond donors (Lipinski definition) is 1. The number of ketones is 1. The Bertz CT molecular complexity index is 219. The molecule has 14 heavy (non-hydrogen) atoms. The normalized spacial score (nSPS) is 11.2. The van der Waals surface area contributed by atoms with Gasteiger partial charge in [0.2, 0.25) is 5.91 Å². The van der Waals surface area contributed by atoms with Crippen LogP contribution in [0.2, 0.25) is 0 Å². The minimum absolute atomic E-state index is 0.0647. The Labute approximate surface area is 85.7 Å². The summed E-state index contributed by atoms with van der Waals surface area (Å²) >= 11 is 0. The molecule has 0 aliphatic heterocycles. The van der Waals surface area contributed by atoms with Crippen molar-refractivity contribution in [1.82, 2.24) is 10.2 Å². The SMILES string of the molecule is CNCC(=O)N(C)CC(=O)C(C)(C)C. The molecule has 0 bridgehead atoms. The van der Waals surface area contributed by atoms with Gasteiger partial charge in [0.15, 0.2) is 5.78 Å². The average Bonchev–Trinajstić information content (AvgIpc) is 2.02. The minimum Gasteiger partial charge on any atom is -0.337 e. The second kappa shape index (κ2) is 5.10. The van der Waals surface area contributed by atoms with Gasteiger partial charge in [-0.25, -0.2) is 0 Å². The quantitative estimate of drug-likeness (QED) is 0.709. The van der Waals surface area contributed by atoms with Gasteiger partial charge < -0.3 is 10.2 Å². The maximum absolute atomic E-state index is 11.6. The van der Waals surface area contributed by atoms with Crippen molar-refractivity contribution in [2.75, 3.05) is 27.2 Å². The number of rotatable bonds is 4. The van der Waals surface area contributed by atoms with E-state index in [1.54, 1.807) is 14.1 Å². The molecular formula is C10H20N2O2. The largest absolute Gasteiger partial charge is 0.337 e. The zero-order valence-corrected chi connectivity index (χ0v) is 9.68. The molecule has 0 heterocycles. The third kappa shape index (κ3) is 4.37. The summed E-state index contributed by atoms with van der Waals surface area (Å²) in [6.45, 7) is 6.01. The minimum atomic E-state index is -0.381. The molecule has 0 fully saturated rings. The van der Waals surface area contributed by atoms with Crippen LogP contribution in [0.4, 0.5) is 0 Å². The second-order valence-electron chi connectivity index (χ2n) is 4.45. The van der Waals surface area contributed by atoms with Crippen molar-refractivity contribution in [2.24, 2.45) is 5.41 Å². The molecule has 0 atom stereocenters. The fourth-order valence-corrected chi connectivity index (χ4v) is 0.827. The first-order valence-corrected chi connectivity index (χ1v) is 4.71. The molecule has 4 heteroatoms. The maximum Gasteiger partial charge on any atom is 0.236 e. The van der Waals surface area contributed by atoms with Crippen LogP contribution in [0.15, 0.2) is 0 Å². The first-order chi connectivity index (χ1) is 6.29. The monoisotopic (exact) mass is 200 g/mol. The van der Waals surface area contributed by atoms with Gasteiger partial charge in [-0.05, 0) is 7.05 Å². The smallest absolute Gasteiger partial charge is 0.236 e. The van der Waals surface area contributed by atoms with Gasteiger partial charge in [0.1, 0.15) is 0 Å². The number of Topliss-reactive ketones (excluding diaryl/α,β-unsaturated/α-hetero) is 1. The zero-order chi connectivity index (χ0) is 11.4. The van der Waals surface area contributed by atoms with E-state index in [1.807, 2.05) is 20.8 Å². The van der Waals surface area contributed by atoms with Gasteiger partial charge >= 0.3 is 0 Å². The zero-order valence-electron chi connectivity index (χ0n) is 9.68. The molecule has 4 nitrogen and oxygen atoms in total. The van der Waals surface area contributed by atoms with Crippen molar-refractivity contribution >= 4 is 11.7 Å². The lowest BCUT2D eigenvalue weighted by Gasteiger charge is -2.22. The summed E-state index contributed by atoms with van der Waals surface area (Å²) in [7, 11) is 3.35. The van der Waals surface area contributed by atoms with Crippen LogP contribution in [0.3, 0.4) is 0 Å². The molecule has 1 amide bonds. The van der Waals surface area contributed by atoms with Gasteiger partial charge in [0, 0.05) is 12.5 Å². The molecular weight excluding hydrogens is 180 g/mol. The van der Waals surface area contributed by atoms with E-state index in [9.17, 15) is 9.59 Å². The molecule has 0 radical (unpaired) electrons. The summed E-state index contributed by atoms with van der Waals surface area (Å²) in [4.78, 5) is 24.3. The van der Waals surface area contributed by atoms with Gasteiger partial charge in [-0.3, -0.25) is 9.59 Å².